The van der Waals surface area contributed by atoms with Crippen LogP contribution in [0.3, 0.4) is 0 Å². The molecule has 108 valence electrons. The van der Waals surface area contributed by atoms with Crippen molar-refractivity contribution in [2.24, 2.45) is 0 Å². The van der Waals surface area contributed by atoms with Crippen LogP contribution in [0.1, 0.15) is 43.0 Å². The minimum atomic E-state index is -0.00218. The van der Waals surface area contributed by atoms with Gasteiger partial charge in [0.1, 0.15) is 11.6 Å². The van der Waals surface area contributed by atoms with Crippen LogP contribution < -0.4 is 5.32 Å². The van der Waals surface area contributed by atoms with Crippen molar-refractivity contribution in [1.82, 2.24) is 15.0 Å². The molecule has 2 aromatic heterocycles. The maximum absolute atomic E-state index is 4.76. The highest BCUT2D eigenvalue weighted by Gasteiger charge is 2.23. The summed E-state index contributed by atoms with van der Waals surface area (Å²) in [4.78, 5) is 13.9. The summed E-state index contributed by atoms with van der Waals surface area (Å²) in [7, 11) is 1.90. The van der Waals surface area contributed by atoms with E-state index in [0.717, 1.165) is 31.6 Å². The Morgan fingerprint density at radius 3 is 2.45 bits per heavy atom. The van der Waals surface area contributed by atoms with Gasteiger partial charge in [-0.3, -0.25) is 0 Å². The summed E-state index contributed by atoms with van der Waals surface area (Å²) in [6.07, 6.45) is 0.680. The Kier molecular flexibility index (Phi) is 4.63. The molecule has 0 aromatic carbocycles. The molecule has 0 spiro atoms. The maximum atomic E-state index is 4.76. The minimum absolute atomic E-state index is 0.00218. The summed E-state index contributed by atoms with van der Waals surface area (Å²) in [5.41, 5.74) is 2.12. The minimum Gasteiger partial charge on any atom is -0.372 e. The maximum Gasteiger partial charge on any atom is 0.143 e. The van der Waals surface area contributed by atoms with Crippen LogP contribution in [0, 0.1) is 10.5 Å². The van der Waals surface area contributed by atoms with Crippen LogP contribution in [0.2, 0.25) is 0 Å². The average molecular weight is 402 g/mol. The summed E-state index contributed by atoms with van der Waals surface area (Å²) in [6, 6.07) is 0. The fourth-order valence-electron chi connectivity index (χ4n) is 1.89. The lowest BCUT2D eigenvalue weighted by Gasteiger charge is -2.21. The molecule has 0 fully saturated rings. The van der Waals surface area contributed by atoms with Crippen molar-refractivity contribution in [3.8, 4) is 0 Å². The van der Waals surface area contributed by atoms with Crippen molar-refractivity contribution < 1.29 is 0 Å². The zero-order valence-corrected chi connectivity index (χ0v) is 15.4. The first-order chi connectivity index (χ1) is 9.31. The largest absolute Gasteiger partial charge is 0.372 e. The Balaban J connectivity index is 2.43. The van der Waals surface area contributed by atoms with Gasteiger partial charge in [0, 0.05) is 17.8 Å². The number of thiazole rings is 1. The molecule has 2 aromatic rings. The molecule has 0 atom stereocenters. The zero-order chi connectivity index (χ0) is 14.9. The normalized spacial score (nSPS) is 11.7. The van der Waals surface area contributed by atoms with Crippen molar-refractivity contribution in [2.75, 3.05) is 12.4 Å². The third-order valence-corrected chi connectivity index (χ3v) is 4.69. The SMILES string of the molecule is CNc1nc(Cc2csc(C)n2)nc(C(C)(C)C)c1I. The predicted molar refractivity (Wildman–Crippen MR) is 92.7 cm³/mol. The molecule has 0 radical (unpaired) electrons. The third-order valence-electron chi connectivity index (χ3n) is 2.85. The van der Waals surface area contributed by atoms with Gasteiger partial charge >= 0.3 is 0 Å². The Labute approximate surface area is 137 Å². The second kappa shape index (κ2) is 5.93. The molecule has 0 aliphatic carbocycles. The summed E-state index contributed by atoms with van der Waals surface area (Å²) >= 11 is 3.98. The molecule has 2 heterocycles. The number of rotatable bonds is 3. The highest BCUT2D eigenvalue weighted by Crippen LogP contribution is 2.29. The van der Waals surface area contributed by atoms with Gasteiger partial charge in [-0.25, -0.2) is 15.0 Å². The molecule has 4 nitrogen and oxygen atoms in total. The van der Waals surface area contributed by atoms with E-state index in [9.17, 15) is 0 Å². The molecule has 0 aliphatic heterocycles. The van der Waals surface area contributed by atoms with Crippen molar-refractivity contribution in [3.05, 3.63) is 31.2 Å². The molecule has 0 amide bonds. The van der Waals surface area contributed by atoms with Gasteiger partial charge in [0.15, 0.2) is 0 Å². The predicted octanol–water partition coefficient (Wildman–Crippen LogP) is 3.78. The first-order valence-corrected chi connectivity index (χ1v) is 8.42. The van der Waals surface area contributed by atoms with Gasteiger partial charge in [-0.05, 0) is 29.5 Å². The van der Waals surface area contributed by atoms with Gasteiger partial charge in [0.25, 0.3) is 0 Å². The number of nitrogens with zero attached hydrogens (tertiary/aromatic N) is 3. The number of aryl methyl sites for hydroxylation is 1. The van der Waals surface area contributed by atoms with E-state index < -0.39 is 0 Å². The van der Waals surface area contributed by atoms with E-state index in [-0.39, 0.29) is 5.41 Å². The molecule has 0 saturated carbocycles. The fourth-order valence-corrected chi connectivity index (χ4v) is 3.82. The summed E-state index contributed by atoms with van der Waals surface area (Å²) < 4.78 is 1.09. The van der Waals surface area contributed by atoms with Crippen LogP contribution in [0.25, 0.3) is 0 Å². The molecule has 6 heteroatoms. The lowest BCUT2D eigenvalue weighted by molar-refractivity contribution is 0.559. The van der Waals surface area contributed by atoms with E-state index in [2.05, 4.69) is 64.0 Å². The highest BCUT2D eigenvalue weighted by atomic mass is 127. The van der Waals surface area contributed by atoms with Crippen molar-refractivity contribution in [3.63, 3.8) is 0 Å². The van der Waals surface area contributed by atoms with E-state index in [1.54, 1.807) is 11.3 Å². The molecule has 1 N–H and O–H groups in total. The van der Waals surface area contributed by atoms with E-state index in [4.69, 9.17) is 4.98 Å². The number of hydrogen-bond acceptors (Lipinski definition) is 5. The molecule has 0 bridgehead atoms. The highest BCUT2D eigenvalue weighted by molar-refractivity contribution is 14.1. The Morgan fingerprint density at radius 1 is 1.25 bits per heavy atom. The number of anilines is 1. The number of halogens is 1. The van der Waals surface area contributed by atoms with E-state index in [0.29, 0.717) is 6.42 Å². The summed E-state index contributed by atoms with van der Waals surface area (Å²) in [5, 5.41) is 6.32. The van der Waals surface area contributed by atoms with E-state index >= 15 is 0 Å². The molecular weight excluding hydrogens is 383 g/mol. The van der Waals surface area contributed by atoms with Crippen LogP contribution in [-0.2, 0) is 11.8 Å². The van der Waals surface area contributed by atoms with Gasteiger partial charge in [-0.2, -0.15) is 0 Å². The van der Waals surface area contributed by atoms with Crippen molar-refractivity contribution in [2.45, 2.75) is 39.5 Å². The number of aromatic nitrogens is 3. The van der Waals surface area contributed by atoms with Crippen molar-refractivity contribution in [1.29, 1.82) is 0 Å². The molecular formula is C14H19IN4S. The standard InChI is InChI=1S/C14H19IN4S/c1-8-17-9(7-20-8)6-10-18-12(14(2,3)4)11(15)13(16-5)19-10/h7H,6H2,1-5H3,(H,16,18,19). The Morgan fingerprint density at radius 2 is 1.95 bits per heavy atom. The summed E-state index contributed by atoms with van der Waals surface area (Å²) in [5.74, 6) is 1.72. The van der Waals surface area contributed by atoms with Gasteiger partial charge < -0.3 is 5.32 Å². The Hall–Kier alpha value is -0.760. The first kappa shape index (κ1) is 15.6. The lowest BCUT2D eigenvalue weighted by Crippen LogP contribution is -2.19. The van der Waals surface area contributed by atoms with Crippen molar-refractivity contribution >= 4 is 39.7 Å². The van der Waals surface area contributed by atoms with E-state index in [1.165, 1.54) is 0 Å². The zero-order valence-electron chi connectivity index (χ0n) is 12.4. The number of hydrogen-bond donors (Lipinski definition) is 1. The van der Waals surface area contributed by atoms with Crippen LogP contribution in [0.4, 0.5) is 5.82 Å². The van der Waals surface area contributed by atoms with Gasteiger partial charge in [0.05, 0.1) is 26.4 Å². The molecule has 0 saturated heterocycles. The van der Waals surface area contributed by atoms with Crippen LogP contribution in [-0.4, -0.2) is 22.0 Å². The van der Waals surface area contributed by atoms with Crippen LogP contribution >= 0.6 is 33.9 Å². The smallest absolute Gasteiger partial charge is 0.143 e. The van der Waals surface area contributed by atoms with E-state index in [1.807, 2.05) is 14.0 Å². The molecule has 0 aliphatic rings. The third kappa shape index (κ3) is 3.46. The van der Waals surface area contributed by atoms with Gasteiger partial charge in [0.2, 0.25) is 0 Å². The second-order valence-corrected chi connectivity index (χ2v) is 7.83. The lowest BCUT2D eigenvalue weighted by atomic mass is 9.92. The van der Waals surface area contributed by atoms with Gasteiger partial charge in [-0.15, -0.1) is 11.3 Å². The topological polar surface area (TPSA) is 50.7 Å². The average Bonchev–Trinajstić information content (AvgIpc) is 2.75. The quantitative estimate of drug-likeness (QED) is 0.795. The number of nitrogens with one attached hydrogen (secondary N) is 1. The Bertz CT molecular complexity index is 616. The molecule has 20 heavy (non-hydrogen) atoms. The molecule has 0 unspecified atom stereocenters. The monoisotopic (exact) mass is 402 g/mol. The first-order valence-electron chi connectivity index (χ1n) is 6.47. The summed E-state index contributed by atoms with van der Waals surface area (Å²) in [6.45, 7) is 8.54. The van der Waals surface area contributed by atoms with Crippen LogP contribution in [0.5, 0.6) is 0 Å². The van der Waals surface area contributed by atoms with Crippen LogP contribution in [0.15, 0.2) is 5.38 Å². The van der Waals surface area contributed by atoms with Gasteiger partial charge in [-0.1, -0.05) is 20.8 Å². The molecule has 2 rings (SSSR count). The fraction of sp³-hybridized carbons (Fsp3) is 0.500. The second-order valence-electron chi connectivity index (χ2n) is 5.69.